The molecule has 2 aromatic carbocycles. The third kappa shape index (κ3) is 6.70. The molecule has 7 heteroatoms. The Labute approximate surface area is 194 Å². The van der Waals surface area contributed by atoms with Crippen molar-refractivity contribution < 1.29 is 14.3 Å². The first kappa shape index (κ1) is 22.6. The highest BCUT2D eigenvalue weighted by Gasteiger charge is 2.19. The van der Waals surface area contributed by atoms with Crippen molar-refractivity contribution in [2.75, 3.05) is 46.4 Å². The van der Waals surface area contributed by atoms with Crippen LogP contribution in [0.15, 0.2) is 73.1 Å². The van der Waals surface area contributed by atoms with E-state index in [1.807, 2.05) is 64.3 Å². The fourth-order valence-electron chi connectivity index (χ4n) is 3.75. The highest BCUT2D eigenvalue weighted by Crippen LogP contribution is 2.17. The first-order valence-electron chi connectivity index (χ1n) is 11.2. The van der Waals surface area contributed by atoms with Gasteiger partial charge in [0.05, 0.1) is 19.9 Å². The van der Waals surface area contributed by atoms with E-state index in [1.54, 1.807) is 19.4 Å². The number of hydrogen-bond acceptors (Lipinski definition) is 5. The van der Waals surface area contributed by atoms with E-state index in [4.69, 9.17) is 9.47 Å². The summed E-state index contributed by atoms with van der Waals surface area (Å²) in [5.74, 6) is 1.69. The third-order valence-electron chi connectivity index (χ3n) is 5.68. The van der Waals surface area contributed by atoms with Crippen LogP contribution in [0, 0.1) is 0 Å². The van der Waals surface area contributed by atoms with E-state index in [2.05, 4.69) is 22.1 Å². The number of piperazine rings is 1. The van der Waals surface area contributed by atoms with Gasteiger partial charge in [0, 0.05) is 50.6 Å². The zero-order valence-corrected chi connectivity index (χ0v) is 19.0. The zero-order chi connectivity index (χ0) is 22.9. The van der Waals surface area contributed by atoms with Gasteiger partial charge in [0.1, 0.15) is 18.1 Å². The molecule has 0 bridgehead atoms. The molecule has 1 saturated heterocycles. The Hall–Kier alpha value is -3.58. The maximum atomic E-state index is 12.6. The molecule has 7 nitrogen and oxygen atoms in total. The van der Waals surface area contributed by atoms with Crippen molar-refractivity contribution in [3.8, 4) is 11.5 Å². The minimum absolute atomic E-state index is 0.0416. The molecule has 1 fully saturated rings. The van der Waals surface area contributed by atoms with Crippen LogP contribution < -0.4 is 9.47 Å². The van der Waals surface area contributed by atoms with Crippen LogP contribution >= 0.6 is 0 Å². The molecular weight excluding hydrogens is 416 g/mol. The summed E-state index contributed by atoms with van der Waals surface area (Å²) < 4.78 is 12.9. The van der Waals surface area contributed by atoms with Gasteiger partial charge in [0.2, 0.25) is 5.91 Å². The zero-order valence-electron chi connectivity index (χ0n) is 19.0. The molecule has 0 atom stereocenters. The van der Waals surface area contributed by atoms with Gasteiger partial charge in [-0.15, -0.1) is 0 Å². The minimum Gasteiger partial charge on any atom is -0.497 e. The predicted octanol–water partition coefficient (Wildman–Crippen LogP) is 3.18. The molecule has 0 N–H and O–H groups in total. The standard InChI is InChI=1S/C26H30N4O3/c1-32-24-8-10-25(11-9-24)33-18-17-28-13-15-29(16-14-28)26(31)12-7-23-19-27-30(21-23)20-22-5-3-2-4-6-22/h2-12,19,21H,13-18,20H2,1H3/b12-7+. The molecular formula is C26H30N4O3. The fraction of sp³-hybridized carbons (Fsp3) is 0.308. The Morgan fingerprint density at radius 2 is 1.73 bits per heavy atom. The van der Waals surface area contributed by atoms with E-state index in [1.165, 1.54) is 5.56 Å². The number of hydrogen-bond donors (Lipinski definition) is 0. The molecule has 172 valence electrons. The summed E-state index contributed by atoms with van der Waals surface area (Å²) in [5, 5.41) is 4.39. The third-order valence-corrected chi connectivity index (χ3v) is 5.68. The van der Waals surface area contributed by atoms with E-state index in [-0.39, 0.29) is 5.91 Å². The summed E-state index contributed by atoms with van der Waals surface area (Å²) in [6.45, 7) is 5.31. The average Bonchev–Trinajstić information content (AvgIpc) is 3.31. The van der Waals surface area contributed by atoms with Crippen molar-refractivity contribution in [2.24, 2.45) is 0 Å². The number of amides is 1. The first-order chi connectivity index (χ1) is 16.2. The Morgan fingerprint density at radius 1 is 1.00 bits per heavy atom. The van der Waals surface area contributed by atoms with Crippen LogP contribution in [0.1, 0.15) is 11.1 Å². The van der Waals surface area contributed by atoms with E-state index in [0.29, 0.717) is 13.2 Å². The van der Waals surface area contributed by atoms with Gasteiger partial charge in [-0.05, 0) is 35.9 Å². The topological polar surface area (TPSA) is 59.8 Å². The molecule has 2 heterocycles. The van der Waals surface area contributed by atoms with E-state index < -0.39 is 0 Å². The van der Waals surface area contributed by atoms with Crippen molar-refractivity contribution in [1.29, 1.82) is 0 Å². The van der Waals surface area contributed by atoms with Gasteiger partial charge < -0.3 is 14.4 Å². The van der Waals surface area contributed by atoms with Gasteiger partial charge >= 0.3 is 0 Å². The molecule has 1 aliphatic rings. The largest absolute Gasteiger partial charge is 0.497 e. The van der Waals surface area contributed by atoms with Crippen LogP contribution in [-0.2, 0) is 11.3 Å². The summed E-state index contributed by atoms with van der Waals surface area (Å²) in [6.07, 6.45) is 7.23. The Kier molecular flexibility index (Phi) is 7.76. The Balaban J connectivity index is 1.17. The minimum atomic E-state index is 0.0416. The van der Waals surface area contributed by atoms with Gasteiger partial charge in [-0.2, -0.15) is 5.10 Å². The van der Waals surface area contributed by atoms with Crippen LogP contribution in [0.25, 0.3) is 6.08 Å². The number of methoxy groups -OCH3 is 1. The van der Waals surface area contributed by atoms with Crippen molar-refractivity contribution in [3.63, 3.8) is 0 Å². The molecule has 0 unspecified atom stereocenters. The van der Waals surface area contributed by atoms with Crippen molar-refractivity contribution >= 4 is 12.0 Å². The number of carbonyl (C=O) groups excluding carboxylic acids is 1. The second-order valence-corrected chi connectivity index (χ2v) is 7.98. The molecule has 4 rings (SSSR count). The van der Waals surface area contributed by atoms with Crippen LogP contribution in [0.5, 0.6) is 11.5 Å². The van der Waals surface area contributed by atoms with Crippen molar-refractivity contribution in [2.45, 2.75) is 6.54 Å². The van der Waals surface area contributed by atoms with Crippen LogP contribution in [0.3, 0.4) is 0 Å². The lowest BCUT2D eigenvalue weighted by molar-refractivity contribution is -0.127. The number of aromatic nitrogens is 2. The summed E-state index contributed by atoms with van der Waals surface area (Å²) >= 11 is 0. The molecule has 1 aromatic heterocycles. The van der Waals surface area contributed by atoms with Gasteiger partial charge in [-0.3, -0.25) is 14.4 Å². The number of rotatable bonds is 9. The first-order valence-corrected chi connectivity index (χ1v) is 11.2. The molecule has 0 saturated carbocycles. The lowest BCUT2D eigenvalue weighted by atomic mass is 10.2. The molecule has 3 aromatic rings. The molecule has 0 aliphatic carbocycles. The predicted molar refractivity (Wildman–Crippen MR) is 128 cm³/mol. The van der Waals surface area contributed by atoms with Gasteiger partial charge in [-0.25, -0.2) is 0 Å². The van der Waals surface area contributed by atoms with Crippen LogP contribution in [0.4, 0.5) is 0 Å². The van der Waals surface area contributed by atoms with Crippen molar-refractivity contribution in [1.82, 2.24) is 19.6 Å². The Morgan fingerprint density at radius 3 is 2.45 bits per heavy atom. The maximum Gasteiger partial charge on any atom is 0.246 e. The summed E-state index contributed by atoms with van der Waals surface area (Å²) in [4.78, 5) is 16.8. The molecule has 0 spiro atoms. The van der Waals surface area contributed by atoms with Gasteiger partial charge in [-0.1, -0.05) is 30.3 Å². The van der Waals surface area contributed by atoms with Crippen LogP contribution in [-0.4, -0.2) is 71.9 Å². The van der Waals surface area contributed by atoms with Gasteiger partial charge in [0.25, 0.3) is 0 Å². The van der Waals surface area contributed by atoms with Crippen molar-refractivity contribution in [3.05, 3.63) is 84.2 Å². The normalized spacial score (nSPS) is 14.5. The molecule has 1 aliphatic heterocycles. The highest BCUT2D eigenvalue weighted by molar-refractivity contribution is 5.91. The quantitative estimate of drug-likeness (QED) is 0.473. The highest BCUT2D eigenvalue weighted by atomic mass is 16.5. The van der Waals surface area contributed by atoms with Gasteiger partial charge in [0.15, 0.2) is 0 Å². The number of ether oxygens (including phenoxy) is 2. The monoisotopic (exact) mass is 446 g/mol. The smallest absolute Gasteiger partial charge is 0.246 e. The maximum absolute atomic E-state index is 12.6. The number of benzene rings is 2. The lowest BCUT2D eigenvalue weighted by Gasteiger charge is -2.34. The number of nitrogens with zero attached hydrogens (tertiary/aromatic N) is 4. The summed E-state index contributed by atoms with van der Waals surface area (Å²) in [5.41, 5.74) is 2.12. The molecule has 1 amide bonds. The SMILES string of the molecule is COc1ccc(OCCN2CCN(C(=O)/C=C/c3cnn(Cc4ccccc4)c3)CC2)cc1. The number of carbonyl (C=O) groups is 1. The van der Waals surface area contributed by atoms with Crippen LogP contribution in [0.2, 0.25) is 0 Å². The van der Waals surface area contributed by atoms with E-state index in [0.717, 1.165) is 49.8 Å². The van der Waals surface area contributed by atoms with E-state index in [9.17, 15) is 4.79 Å². The second kappa shape index (κ2) is 11.3. The van der Waals surface area contributed by atoms with E-state index >= 15 is 0 Å². The molecule has 0 radical (unpaired) electrons. The fourth-order valence-corrected chi connectivity index (χ4v) is 3.75. The summed E-state index contributed by atoms with van der Waals surface area (Å²) in [7, 11) is 1.65. The summed E-state index contributed by atoms with van der Waals surface area (Å²) in [6, 6.07) is 17.8. The lowest BCUT2D eigenvalue weighted by Crippen LogP contribution is -2.49. The second-order valence-electron chi connectivity index (χ2n) is 7.98. The average molecular weight is 447 g/mol. The Bertz CT molecular complexity index is 1040. The molecule has 33 heavy (non-hydrogen) atoms.